The summed E-state index contributed by atoms with van der Waals surface area (Å²) in [5.74, 6) is -0.0505. The third-order valence-electron chi connectivity index (χ3n) is 2.22. The van der Waals surface area contributed by atoms with Gasteiger partial charge in [0.25, 0.3) is 0 Å². The summed E-state index contributed by atoms with van der Waals surface area (Å²) in [4.78, 5) is 0. The van der Waals surface area contributed by atoms with Crippen LogP contribution in [0.4, 0.5) is 4.39 Å². The van der Waals surface area contributed by atoms with Crippen molar-refractivity contribution in [2.45, 2.75) is 19.9 Å². The number of benzene rings is 1. The first-order chi connectivity index (χ1) is 8.20. The van der Waals surface area contributed by atoms with E-state index in [1.165, 1.54) is 6.07 Å². The van der Waals surface area contributed by atoms with Gasteiger partial charge >= 0.3 is 0 Å². The topological polar surface area (TPSA) is 35.1 Å². The lowest BCUT2D eigenvalue weighted by atomic mass is 10.3. The van der Waals surface area contributed by atoms with E-state index in [0.29, 0.717) is 25.9 Å². The molecule has 1 aromatic carbocycles. The second-order valence-corrected chi connectivity index (χ2v) is 4.16. The molecule has 0 unspecified atom stereocenters. The number of hydrogen-bond donors (Lipinski definition) is 1. The quantitative estimate of drug-likeness (QED) is 0.695. The normalized spacial score (nSPS) is 10.8. The summed E-state index contributed by atoms with van der Waals surface area (Å²) in [5, 5.41) is 2.21. The maximum Gasteiger partial charge on any atom is 0.165 e. The second-order valence-electron chi connectivity index (χ2n) is 4.16. The van der Waals surface area contributed by atoms with Crippen molar-refractivity contribution in [3.63, 3.8) is 0 Å². The Morgan fingerprint density at radius 2 is 1.94 bits per heavy atom. The maximum atomic E-state index is 13.1. The van der Waals surface area contributed by atoms with Gasteiger partial charge < -0.3 is 14.8 Å². The molecule has 0 spiro atoms. The van der Waals surface area contributed by atoms with Gasteiger partial charge in [-0.15, -0.1) is 0 Å². The van der Waals surface area contributed by atoms with Gasteiger partial charge in [-0.1, -0.05) is 12.1 Å². The van der Waals surface area contributed by atoms with E-state index < -0.39 is 0 Å². The number of rotatable bonds is 8. The fourth-order valence-corrected chi connectivity index (χ4v) is 1.36. The molecule has 1 rings (SSSR count). The van der Waals surface area contributed by atoms with Crippen molar-refractivity contribution >= 4 is 0 Å². The third kappa shape index (κ3) is 6.24. The fourth-order valence-electron chi connectivity index (χ4n) is 1.36. The lowest BCUT2D eigenvalue weighted by molar-refractivity contribution is -0.684. The molecular formula is C13H21FNO2+. The summed E-state index contributed by atoms with van der Waals surface area (Å²) < 4.78 is 23.8. The Morgan fingerprint density at radius 3 is 2.65 bits per heavy atom. The van der Waals surface area contributed by atoms with Crippen molar-refractivity contribution in [3.05, 3.63) is 30.1 Å². The molecule has 96 valence electrons. The van der Waals surface area contributed by atoms with Gasteiger partial charge in [0, 0.05) is 0 Å². The number of halogens is 1. The van der Waals surface area contributed by atoms with Crippen LogP contribution in [0.5, 0.6) is 5.75 Å². The Kier molecular flexibility index (Phi) is 6.58. The molecule has 0 aromatic heterocycles. The van der Waals surface area contributed by atoms with E-state index in [1.807, 2.05) is 0 Å². The minimum Gasteiger partial charge on any atom is -0.488 e. The summed E-state index contributed by atoms with van der Waals surface area (Å²) in [6.07, 6.45) is 0. The highest BCUT2D eigenvalue weighted by Gasteiger charge is 2.00. The Hall–Kier alpha value is -1.13. The summed E-state index contributed by atoms with van der Waals surface area (Å²) >= 11 is 0. The van der Waals surface area contributed by atoms with Gasteiger partial charge in [-0.05, 0) is 26.0 Å². The molecule has 0 fully saturated rings. The van der Waals surface area contributed by atoms with E-state index in [9.17, 15) is 4.39 Å². The first-order valence-corrected chi connectivity index (χ1v) is 5.98. The first-order valence-electron chi connectivity index (χ1n) is 5.98. The SMILES string of the molecule is CC(C)[NH2+]CCOCCOc1ccccc1F. The van der Waals surface area contributed by atoms with Gasteiger partial charge in [0.2, 0.25) is 0 Å². The molecule has 0 amide bonds. The smallest absolute Gasteiger partial charge is 0.165 e. The third-order valence-corrected chi connectivity index (χ3v) is 2.22. The molecule has 0 bridgehead atoms. The summed E-state index contributed by atoms with van der Waals surface area (Å²) in [6.45, 7) is 6.78. The van der Waals surface area contributed by atoms with Crippen LogP contribution in [-0.2, 0) is 4.74 Å². The Labute approximate surface area is 102 Å². The van der Waals surface area contributed by atoms with Gasteiger partial charge in [0.15, 0.2) is 11.6 Å². The monoisotopic (exact) mass is 242 g/mol. The number of quaternary nitrogens is 1. The van der Waals surface area contributed by atoms with Crippen LogP contribution >= 0.6 is 0 Å². The van der Waals surface area contributed by atoms with Crippen LogP contribution in [0, 0.1) is 5.82 Å². The second kappa shape index (κ2) is 8.03. The number of nitrogens with two attached hydrogens (primary N) is 1. The van der Waals surface area contributed by atoms with Crippen molar-refractivity contribution in [3.8, 4) is 5.75 Å². The van der Waals surface area contributed by atoms with E-state index in [1.54, 1.807) is 18.2 Å². The van der Waals surface area contributed by atoms with Crippen LogP contribution in [0.25, 0.3) is 0 Å². The molecule has 0 saturated carbocycles. The fraction of sp³-hybridized carbons (Fsp3) is 0.538. The average molecular weight is 242 g/mol. The number of hydrogen-bond acceptors (Lipinski definition) is 2. The van der Waals surface area contributed by atoms with E-state index in [2.05, 4.69) is 19.2 Å². The summed E-state index contributed by atoms with van der Waals surface area (Å²) in [5.41, 5.74) is 0. The number of para-hydroxylation sites is 1. The molecule has 1 aromatic rings. The summed E-state index contributed by atoms with van der Waals surface area (Å²) in [7, 11) is 0. The molecule has 3 nitrogen and oxygen atoms in total. The van der Waals surface area contributed by atoms with Gasteiger partial charge in [0.05, 0.1) is 25.8 Å². The lowest BCUT2D eigenvalue weighted by Crippen LogP contribution is -2.89. The molecule has 0 atom stereocenters. The van der Waals surface area contributed by atoms with E-state index in [0.717, 1.165) is 6.54 Å². The van der Waals surface area contributed by atoms with Gasteiger partial charge in [0.1, 0.15) is 6.61 Å². The van der Waals surface area contributed by atoms with Gasteiger partial charge in [-0.2, -0.15) is 0 Å². The molecule has 0 heterocycles. The highest BCUT2D eigenvalue weighted by molar-refractivity contribution is 5.23. The Balaban J connectivity index is 2.03. The average Bonchev–Trinajstić information content (AvgIpc) is 2.30. The predicted octanol–water partition coefficient (Wildman–Crippen LogP) is 1.19. The molecule has 4 heteroatoms. The van der Waals surface area contributed by atoms with Crippen molar-refractivity contribution in [2.75, 3.05) is 26.4 Å². The van der Waals surface area contributed by atoms with E-state index >= 15 is 0 Å². The predicted molar refractivity (Wildman–Crippen MR) is 64.6 cm³/mol. The first kappa shape index (κ1) is 13.9. The Bertz CT molecular complexity index is 318. The Morgan fingerprint density at radius 1 is 1.18 bits per heavy atom. The van der Waals surface area contributed by atoms with Gasteiger partial charge in [-0.3, -0.25) is 0 Å². The van der Waals surface area contributed by atoms with Gasteiger partial charge in [-0.25, -0.2) is 4.39 Å². The summed E-state index contributed by atoms with van der Waals surface area (Å²) in [6, 6.07) is 6.97. The lowest BCUT2D eigenvalue weighted by Gasteiger charge is -2.08. The zero-order valence-corrected chi connectivity index (χ0v) is 10.5. The number of ether oxygens (including phenoxy) is 2. The molecular weight excluding hydrogens is 221 g/mol. The maximum absolute atomic E-state index is 13.1. The highest BCUT2D eigenvalue weighted by Crippen LogP contribution is 2.14. The minimum atomic E-state index is -0.333. The van der Waals surface area contributed by atoms with Crippen LogP contribution in [0.2, 0.25) is 0 Å². The van der Waals surface area contributed by atoms with Crippen LogP contribution < -0.4 is 10.1 Å². The van der Waals surface area contributed by atoms with Crippen LogP contribution in [-0.4, -0.2) is 32.4 Å². The molecule has 0 aliphatic rings. The van der Waals surface area contributed by atoms with Crippen molar-refractivity contribution < 1.29 is 19.2 Å². The van der Waals surface area contributed by atoms with Crippen LogP contribution in [0.3, 0.4) is 0 Å². The van der Waals surface area contributed by atoms with Crippen LogP contribution in [0.15, 0.2) is 24.3 Å². The van der Waals surface area contributed by atoms with Crippen molar-refractivity contribution in [1.29, 1.82) is 0 Å². The van der Waals surface area contributed by atoms with Crippen LogP contribution in [0.1, 0.15) is 13.8 Å². The molecule has 0 radical (unpaired) electrons. The van der Waals surface area contributed by atoms with Crippen molar-refractivity contribution in [2.24, 2.45) is 0 Å². The molecule has 0 aliphatic carbocycles. The minimum absolute atomic E-state index is 0.282. The zero-order chi connectivity index (χ0) is 12.5. The molecule has 0 aliphatic heterocycles. The zero-order valence-electron chi connectivity index (χ0n) is 10.5. The molecule has 0 saturated heterocycles. The van der Waals surface area contributed by atoms with Crippen molar-refractivity contribution in [1.82, 2.24) is 0 Å². The van der Waals surface area contributed by atoms with E-state index in [-0.39, 0.29) is 11.6 Å². The largest absolute Gasteiger partial charge is 0.488 e. The molecule has 2 N–H and O–H groups in total. The van der Waals surface area contributed by atoms with E-state index in [4.69, 9.17) is 9.47 Å². The molecule has 17 heavy (non-hydrogen) atoms. The highest BCUT2D eigenvalue weighted by atomic mass is 19.1. The standard InChI is InChI=1S/C13H20FNO2/c1-11(2)15-7-8-16-9-10-17-13-6-4-3-5-12(13)14/h3-6,11,15H,7-10H2,1-2H3/p+1.